The first-order chi connectivity index (χ1) is 10.1. The molecule has 1 unspecified atom stereocenters. The number of aryl methyl sites for hydroxylation is 2. The molecule has 0 aliphatic rings. The molecular weight excluding hydrogens is 284 g/mol. The highest BCUT2D eigenvalue weighted by Gasteiger charge is 2.20. The van der Waals surface area contributed by atoms with Gasteiger partial charge in [0.15, 0.2) is 0 Å². The van der Waals surface area contributed by atoms with Gasteiger partial charge in [0.05, 0.1) is 25.2 Å². The van der Waals surface area contributed by atoms with Crippen molar-refractivity contribution in [2.45, 2.75) is 25.6 Å². The number of hydrogen-bond acceptors (Lipinski definition) is 2. The van der Waals surface area contributed by atoms with Gasteiger partial charge in [-0.3, -0.25) is 0 Å². The van der Waals surface area contributed by atoms with E-state index in [9.17, 15) is 0 Å². The van der Waals surface area contributed by atoms with Crippen LogP contribution in [-0.4, -0.2) is 14.2 Å². The Morgan fingerprint density at radius 2 is 1.62 bits per heavy atom. The van der Waals surface area contributed by atoms with E-state index in [1.54, 1.807) is 14.2 Å². The lowest BCUT2D eigenvalue weighted by atomic mass is 9.97. The van der Waals surface area contributed by atoms with Gasteiger partial charge >= 0.3 is 0 Å². The molecule has 2 aromatic carbocycles. The first-order valence-corrected chi connectivity index (χ1v) is 7.41. The van der Waals surface area contributed by atoms with E-state index in [4.69, 9.17) is 21.1 Å². The summed E-state index contributed by atoms with van der Waals surface area (Å²) in [7, 11) is 3.31. The molecule has 2 rings (SSSR count). The van der Waals surface area contributed by atoms with Gasteiger partial charge in [0.1, 0.15) is 11.5 Å². The van der Waals surface area contributed by atoms with Gasteiger partial charge in [-0.1, -0.05) is 29.8 Å². The summed E-state index contributed by atoms with van der Waals surface area (Å²) >= 11 is 6.67. The van der Waals surface area contributed by atoms with Crippen LogP contribution in [0.15, 0.2) is 36.4 Å². The highest BCUT2D eigenvalue weighted by atomic mass is 35.5. The molecule has 3 heteroatoms. The second kappa shape index (κ2) is 6.86. The lowest BCUT2D eigenvalue weighted by molar-refractivity contribution is 0.384. The van der Waals surface area contributed by atoms with E-state index < -0.39 is 0 Å². The molecule has 0 saturated carbocycles. The van der Waals surface area contributed by atoms with Gasteiger partial charge in [0, 0.05) is 0 Å². The molecule has 0 aliphatic heterocycles. The minimum atomic E-state index is -0.198. The zero-order valence-corrected chi connectivity index (χ0v) is 13.7. The van der Waals surface area contributed by atoms with E-state index in [0.29, 0.717) is 0 Å². The van der Waals surface area contributed by atoms with Gasteiger partial charge in [-0.25, -0.2) is 0 Å². The largest absolute Gasteiger partial charge is 0.496 e. The van der Waals surface area contributed by atoms with Crippen LogP contribution < -0.4 is 9.47 Å². The molecule has 0 spiro atoms. The van der Waals surface area contributed by atoms with E-state index in [1.807, 2.05) is 18.2 Å². The van der Waals surface area contributed by atoms with Gasteiger partial charge in [-0.05, 0) is 43.5 Å². The average molecular weight is 305 g/mol. The molecule has 0 bridgehead atoms. The molecule has 0 N–H and O–H groups in total. The van der Waals surface area contributed by atoms with Gasteiger partial charge in [0.25, 0.3) is 0 Å². The summed E-state index contributed by atoms with van der Waals surface area (Å²) in [6.45, 7) is 4.20. The van der Waals surface area contributed by atoms with Crippen LogP contribution in [0.3, 0.4) is 0 Å². The van der Waals surface area contributed by atoms with Crippen LogP contribution in [0.1, 0.15) is 27.6 Å². The van der Waals surface area contributed by atoms with E-state index in [-0.39, 0.29) is 5.38 Å². The summed E-state index contributed by atoms with van der Waals surface area (Å²) in [5.41, 5.74) is 4.65. The van der Waals surface area contributed by atoms with Crippen LogP contribution in [0.2, 0.25) is 0 Å². The van der Waals surface area contributed by atoms with E-state index in [1.165, 1.54) is 16.7 Å². The van der Waals surface area contributed by atoms with Crippen molar-refractivity contribution in [3.63, 3.8) is 0 Å². The minimum Gasteiger partial charge on any atom is -0.496 e. The summed E-state index contributed by atoms with van der Waals surface area (Å²) in [5, 5.41) is -0.198. The molecule has 0 aromatic heterocycles. The second-order valence-corrected chi connectivity index (χ2v) is 5.70. The highest BCUT2D eigenvalue weighted by Crippen LogP contribution is 2.39. The Labute approximate surface area is 131 Å². The lowest BCUT2D eigenvalue weighted by Gasteiger charge is -2.18. The van der Waals surface area contributed by atoms with Crippen molar-refractivity contribution in [2.75, 3.05) is 14.2 Å². The van der Waals surface area contributed by atoms with Crippen molar-refractivity contribution in [1.82, 2.24) is 0 Å². The van der Waals surface area contributed by atoms with Crippen molar-refractivity contribution in [1.29, 1.82) is 0 Å². The van der Waals surface area contributed by atoms with Crippen LogP contribution in [0.4, 0.5) is 0 Å². The molecule has 0 radical (unpaired) electrons. The number of hydrogen-bond donors (Lipinski definition) is 0. The Balaban J connectivity index is 2.36. The number of halogens is 1. The molecule has 0 saturated heterocycles. The Morgan fingerprint density at radius 1 is 1.00 bits per heavy atom. The Hall–Kier alpha value is -1.67. The molecule has 0 aliphatic carbocycles. The van der Waals surface area contributed by atoms with Crippen LogP contribution in [-0.2, 0) is 6.42 Å². The number of rotatable bonds is 5. The van der Waals surface area contributed by atoms with Crippen molar-refractivity contribution < 1.29 is 9.47 Å². The normalized spacial score (nSPS) is 12.0. The SMILES string of the molecule is COc1cccc(OC)c1C(Cl)Cc1cc(C)ccc1C. The smallest absolute Gasteiger partial charge is 0.127 e. The van der Waals surface area contributed by atoms with Crippen LogP contribution in [0.5, 0.6) is 11.5 Å². The van der Waals surface area contributed by atoms with Gasteiger partial charge in [-0.2, -0.15) is 0 Å². The third kappa shape index (κ3) is 3.51. The number of methoxy groups -OCH3 is 2. The van der Waals surface area contributed by atoms with Crippen LogP contribution >= 0.6 is 11.6 Å². The summed E-state index contributed by atoms with van der Waals surface area (Å²) in [6.07, 6.45) is 0.742. The zero-order valence-electron chi connectivity index (χ0n) is 12.9. The van der Waals surface area contributed by atoms with Crippen LogP contribution in [0.25, 0.3) is 0 Å². The van der Waals surface area contributed by atoms with E-state index in [2.05, 4.69) is 32.0 Å². The van der Waals surface area contributed by atoms with Crippen molar-refractivity contribution in [3.05, 3.63) is 58.7 Å². The fourth-order valence-corrected chi connectivity index (χ4v) is 2.89. The average Bonchev–Trinajstić information content (AvgIpc) is 2.49. The van der Waals surface area contributed by atoms with Gasteiger partial charge in [-0.15, -0.1) is 11.6 Å². The predicted octanol–water partition coefficient (Wildman–Crippen LogP) is 4.84. The standard InChI is InChI=1S/C18H21ClO2/c1-12-8-9-13(2)14(10-12)11-15(19)18-16(20-3)6-5-7-17(18)21-4/h5-10,15H,11H2,1-4H3. The molecule has 112 valence electrons. The Bertz CT molecular complexity index is 600. The minimum absolute atomic E-state index is 0.198. The lowest BCUT2D eigenvalue weighted by Crippen LogP contribution is -2.03. The molecule has 0 heterocycles. The molecule has 1 atom stereocenters. The molecule has 2 nitrogen and oxygen atoms in total. The maximum Gasteiger partial charge on any atom is 0.127 e. The molecule has 0 fully saturated rings. The maximum atomic E-state index is 6.67. The number of ether oxygens (including phenoxy) is 2. The van der Waals surface area contributed by atoms with Crippen molar-refractivity contribution in [2.24, 2.45) is 0 Å². The first-order valence-electron chi connectivity index (χ1n) is 6.98. The quantitative estimate of drug-likeness (QED) is 0.736. The van der Waals surface area contributed by atoms with E-state index >= 15 is 0 Å². The van der Waals surface area contributed by atoms with E-state index in [0.717, 1.165) is 23.5 Å². The summed E-state index contributed by atoms with van der Waals surface area (Å²) in [4.78, 5) is 0. The number of benzene rings is 2. The maximum absolute atomic E-state index is 6.67. The van der Waals surface area contributed by atoms with Gasteiger partial charge in [0.2, 0.25) is 0 Å². The summed E-state index contributed by atoms with van der Waals surface area (Å²) in [6, 6.07) is 12.2. The highest BCUT2D eigenvalue weighted by molar-refractivity contribution is 6.21. The van der Waals surface area contributed by atoms with Crippen molar-refractivity contribution >= 4 is 11.6 Å². The third-order valence-corrected chi connectivity index (χ3v) is 4.06. The summed E-state index contributed by atoms with van der Waals surface area (Å²) in [5.74, 6) is 1.53. The fraction of sp³-hybridized carbons (Fsp3) is 0.333. The Morgan fingerprint density at radius 3 is 2.19 bits per heavy atom. The predicted molar refractivity (Wildman–Crippen MR) is 87.8 cm³/mol. The molecule has 0 amide bonds. The third-order valence-electron chi connectivity index (χ3n) is 3.68. The zero-order chi connectivity index (χ0) is 15.4. The molecule has 2 aromatic rings. The number of alkyl halides is 1. The second-order valence-electron chi connectivity index (χ2n) is 5.18. The fourth-order valence-electron chi connectivity index (χ4n) is 2.50. The van der Waals surface area contributed by atoms with Crippen LogP contribution in [0, 0.1) is 13.8 Å². The Kier molecular flexibility index (Phi) is 5.13. The first kappa shape index (κ1) is 15.7. The van der Waals surface area contributed by atoms with Crippen molar-refractivity contribution in [3.8, 4) is 11.5 Å². The summed E-state index contributed by atoms with van der Waals surface area (Å²) < 4.78 is 10.9. The topological polar surface area (TPSA) is 18.5 Å². The van der Waals surface area contributed by atoms with Gasteiger partial charge < -0.3 is 9.47 Å². The molecular formula is C18H21ClO2. The monoisotopic (exact) mass is 304 g/mol. The molecule has 21 heavy (non-hydrogen) atoms.